The second kappa shape index (κ2) is 6.93. The summed E-state index contributed by atoms with van der Waals surface area (Å²) in [6.07, 6.45) is 1.58. The number of halogens is 2. The van der Waals surface area contributed by atoms with E-state index in [1.807, 2.05) is 13.8 Å². The molecule has 0 fully saturated rings. The summed E-state index contributed by atoms with van der Waals surface area (Å²) in [7, 11) is 0. The van der Waals surface area contributed by atoms with Crippen molar-refractivity contribution in [3.8, 4) is 5.75 Å². The van der Waals surface area contributed by atoms with E-state index in [0.29, 0.717) is 0 Å². The maximum absolute atomic E-state index is 12.2. The molecule has 0 atom stereocenters. The Hall–Kier alpha value is -1.65. The molecular formula is C13H17F2NO2. The SMILES string of the molecule is CCC(CC)NC(=O)c1ccccc1OC(F)F. The third-order valence-electron chi connectivity index (χ3n) is 2.67. The summed E-state index contributed by atoms with van der Waals surface area (Å²) in [6.45, 7) is 0.971. The minimum atomic E-state index is -2.94. The van der Waals surface area contributed by atoms with Crippen molar-refractivity contribution in [2.75, 3.05) is 0 Å². The van der Waals surface area contributed by atoms with Crippen molar-refractivity contribution in [3.05, 3.63) is 29.8 Å². The molecule has 1 aromatic rings. The predicted octanol–water partition coefficient (Wildman–Crippen LogP) is 3.21. The summed E-state index contributed by atoms with van der Waals surface area (Å²) in [4.78, 5) is 11.9. The van der Waals surface area contributed by atoms with Gasteiger partial charge in [0.1, 0.15) is 5.75 Å². The quantitative estimate of drug-likeness (QED) is 0.849. The van der Waals surface area contributed by atoms with Gasteiger partial charge in [0, 0.05) is 6.04 Å². The van der Waals surface area contributed by atoms with Gasteiger partial charge >= 0.3 is 6.61 Å². The molecule has 0 aliphatic heterocycles. The van der Waals surface area contributed by atoms with Gasteiger partial charge in [-0.15, -0.1) is 0 Å². The number of amides is 1. The lowest BCUT2D eigenvalue weighted by Crippen LogP contribution is -2.34. The van der Waals surface area contributed by atoms with Gasteiger partial charge in [-0.1, -0.05) is 26.0 Å². The lowest BCUT2D eigenvalue weighted by Gasteiger charge is -2.16. The van der Waals surface area contributed by atoms with Gasteiger partial charge < -0.3 is 10.1 Å². The molecule has 0 aliphatic rings. The summed E-state index contributed by atoms with van der Waals surface area (Å²) in [5.74, 6) is -0.490. The molecule has 0 spiro atoms. The Morgan fingerprint density at radius 2 is 1.89 bits per heavy atom. The lowest BCUT2D eigenvalue weighted by atomic mass is 10.1. The van der Waals surface area contributed by atoms with Crippen LogP contribution in [0.25, 0.3) is 0 Å². The number of benzene rings is 1. The molecular weight excluding hydrogens is 240 g/mol. The molecule has 1 amide bonds. The number of ether oxygens (including phenoxy) is 1. The number of carbonyl (C=O) groups excluding carboxylic acids is 1. The zero-order chi connectivity index (χ0) is 13.5. The zero-order valence-corrected chi connectivity index (χ0v) is 10.5. The first-order valence-corrected chi connectivity index (χ1v) is 5.93. The monoisotopic (exact) mass is 257 g/mol. The molecule has 0 bridgehead atoms. The van der Waals surface area contributed by atoms with Crippen LogP contribution in [0.5, 0.6) is 5.75 Å². The first-order valence-electron chi connectivity index (χ1n) is 5.93. The molecule has 0 saturated carbocycles. The van der Waals surface area contributed by atoms with Crippen LogP contribution in [0.2, 0.25) is 0 Å². The molecule has 1 rings (SSSR count). The number of hydrogen-bond acceptors (Lipinski definition) is 2. The molecule has 1 N–H and O–H groups in total. The van der Waals surface area contributed by atoms with Gasteiger partial charge in [-0.2, -0.15) is 8.78 Å². The third kappa shape index (κ3) is 3.98. The molecule has 0 saturated heterocycles. The van der Waals surface area contributed by atoms with E-state index in [9.17, 15) is 13.6 Å². The third-order valence-corrected chi connectivity index (χ3v) is 2.67. The van der Waals surface area contributed by atoms with Crippen molar-refractivity contribution >= 4 is 5.91 Å². The van der Waals surface area contributed by atoms with E-state index in [-0.39, 0.29) is 23.3 Å². The molecule has 0 radical (unpaired) electrons. The summed E-state index contributed by atoms with van der Waals surface area (Å²) in [5.41, 5.74) is 0.129. The summed E-state index contributed by atoms with van der Waals surface area (Å²) in [6, 6.07) is 6.02. The first kappa shape index (κ1) is 14.4. The Balaban J connectivity index is 2.84. The van der Waals surface area contributed by atoms with Crippen LogP contribution < -0.4 is 10.1 Å². The standard InChI is InChI=1S/C13H17F2NO2/c1-3-9(4-2)16-12(17)10-7-5-6-8-11(10)18-13(14)15/h5-9,13H,3-4H2,1-2H3,(H,16,17). The van der Waals surface area contributed by atoms with E-state index >= 15 is 0 Å². The molecule has 1 aromatic carbocycles. The van der Waals surface area contributed by atoms with Crippen molar-refractivity contribution < 1.29 is 18.3 Å². The molecule has 0 aliphatic carbocycles. The Morgan fingerprint density at radius 3 is 2.44 bits per heavy atom. The average molecular weight is 257 g/mol. The molecule has 3 nitrogen and oxygen atoms in total. The number of carbonyl (C=O) groups is 1. The van der Waals surface area contributed by atoms with E-state index in [0.717, 1.165) is 12.8 Å². The van der Waals surface area contributed by atoms with E-state index in [2.05, 4.69) is 10.1 Å². The highest BCUT2D eigenvalue weighted by molar-refractivity contribution is 5.97. The van der Waals surface area contributed by atoms with Crippen LogP contribution in [-0.4, -0.2) is 18.6 Å². The summed E-state index contributed by atoms with van der Waals surface area (Å²) >= 11 is 0. The van der Waals surface area contributed by atoms with Crippen molar-refractivity contribution in [1.82, 2.24) is 5.32 Å². The highest BCUT2D eigenvalue weighted by Gasteiger charge is 2.17. The van der Waals surface area contributed by atoms with Crippen LogP contribution in [0, 0.1) is 0 Å². The Bertz CT molecular complexity index is 392. The molecule has 18 heavy (non-hydrogen) atoms. The van der Waals surface area contributed by atoms with Crippen molar-refractivity contribution in [2.45, 2.75) is 39.3 Å². The topological polar surface area (TPSA) is 38.3 Å². The Labute approximate surface area is 105 Å². The molecule has 0 aromatic heterocycles. The fourth-order valence-electron chi connectivity index (χ4n) is 1.61. The zero-order valence-electron chi connectivity index (χ0n) is 10.5. The fraction of sp³-hybridized carbons (Fsp3) is 0.462. The Kier molecular flexibility index (Phi) is 5.55. The van der Waals surface area contributed by atoms with Gasteiger partial charge in [0.05, 0.1) is 5.56 Å². The highest BCUT2D eigenvalue weighted by atomic mass is 19.3. The largest absolute Gasteiger partial charge is 0.434 e. The summed E-state index contributed by atoms with van der Waals surface area (Å²) in [5, 5.41) is 2.78. The van der Waals surface area contributed by atoms with Gasteiger partial charge in [-0.05, 0) is 25.0 Å². The normalized spacial score (nSPS) is 10.8. The molecule has 5 heteroatoms. The van der Waals surface area contributed by atoms with Crippen LogP contribution in [0.1, 0.15) is 37.0 Å². The summed E-state index contributed by atoms with van der Waals surface area (Å²) < 4.78 is 28.7. The van der Waals surface area contributed by atoms with E-state index in [1.54, 1.807) is 12.1 Å². The maximum atomic E-state index is 12.2. The Morgan fingerprint density at radius 1 is 1.28 bits per heavy atom. The van der Waals surface area contributed by atoms with Crippen LogP contribution >= 0.6 is 0 Å². The number of alkyl halides is 2. The van der Waals surface area contributed by atoms with Crippen LogP contribution in [0.3, 0.4) is 0 Å². The van der Waals surface area contributed by atoms with E-state index < -0.39 is 6.61 Å². The molecule has 0 unspecified atom stereocenters. The molecule has 0 heterocycles. The predicted molar refractivity (Wildman–Crippen MR) is 64.9 cm³/mol. The number of rotatable bonds is 6. The van der Waals surface area contributed by atoms with Gasteiger partial charge in [-0.25, -0.2) is 0 Å². The smallest absolute Gasteiger partial charge is 0.387 e. The van der Waals surface area contributed by atoms with Crippen molar-refractivity contribution in [3.63, 3.8) is 0 Å². The molecule has 100 valence electrons. The second-order valence-electron chi connectivity index (χ2n) is 3.86. The second-order valence-corrected chi connectivity index (χ2v) is 3.86. The minimum absolute atomic E-state index is 0.0390. The highest BCUT2D eigenvalue weighted by Crippen LogP contribution is 2.20. The number of nitrogens with one attached hydrogen (secondary N) is 1. The van der Waals surface area contributed by atoms with Gasteiger partial charge in [-0.3, -0.25) is 4.79 Å². The first-order chi connectivity index (χ1) is 8.58. The lowest BCUT2D eigenvalue weighted by molar-refractivity contribution is -0.0501. The van der Waals surface area contributed by atoms with Gasteiger partial charge in [0.25, 0.3) is 5.91 Å². The van der Waals surface area contributed by atoms with Gasteiger partial charge in [0.2, 0.25) is 0 Å². The van der Waals surface area contributed by atoms with Crippen LogP contribution in [-0.2, 0) is 0 Å². The average Bonchev–Trinajstić information content (AvgIpc) is 2.35. The van der Waals surface area contributed by atoms with Crippen molar-refractivity contribution in [1.29, 1.82) is 0 Å². The van der Waals surface area contributed by atoms with Crippen LogP contribution in [0.4, 0.5) is 8.78 Å². The van der Waals surface area contributed by atoms with Crippen LogP contribution in [0.15, 0.2) is 24.3 Å². The fourth-order valence-corrected chi connectivity index (χ4v) is 1.61. The van der Waals surface area contributed by atoms with E-state index in [4.69, 9.17) is 0 Å². The van der Waals surface area contributed by atoms with Gasteiger partial charge in [0.15, 0.2) is 0 Å². The maximum Gasteiger partial charge on any atom is 0.387 e. The van der Waals surface area contributed by atoms with Crippen molar-refractivity contribution in [2.24, 2.45) is 0 Å². The number of hydrogen-bond donors (Lipinski definition) is 1. The van der Waals surface area contributed by atoms with E-state index in [1.165, 1.54) is 12.1 Å². The number of para-hydroxylation sites is 1. The minimum Gasteiger partial charge on any atom is -0.434 e.